The van der Waals surface area contributed by atoms with Crippen LogP contribution in [0.5, 0.6) is 0 Å². The highest BCUT2D eigenvalue weighted by Crippen LogP contribution is 2.18. The lowest BCUT2D eigenvalue weighted by molar-refractivity contribution is -0.145. The van der Waals surface area contributed by atoms with Crippen molar-refractivity contribution in [2.75, 3.05) is 12.3 Å². The van der Waals surface area contributed by atoms with Crippen molar-refractivity contribution in [3.05, 3.63) is 106 Å². The minimum Gasteiger partial charge on any atom is -0.460 e. The van der Waals surface area contributed by atoms with E-state index in [-0.39, 0.29) is 24.2 Å². The Morgan fingerprint density at radius 2 is 1.44 bits per heavy atom. The maximum atomic E-state index is 12.9. The average Bonchev–Trinajstić information content (AvgIpc) is 2.86. The summed E-state index contributed by atoms with van der Waals surface area (Å²) in [4.78, 5) is 37.5. The lowest BCUT2D eigenvalue weighted by atomic mass is 10.0. The summed E-state index contributed by atoms with van der Waals surface area (Å²) in [5.74, 6) is -0.904. The molecule has 1 unspecified atom stereocenters. The van der Waals surface area contributed by atoms with Gasteiger partial charge in [-0.3, -0.25) is 14.4 Å². The summed E-state index contributed by atoms with van der Waals surface area (Å²) in [7, 11) is 0. The van der Waals surface area contributed by atoms with Crippen LogP contribution >= 0.6 is 27.7 Å². The number of halogens is 1. The minimum absolute atomic E-state index is 0.00553. The van der Waals surface area contributed by atoms with E-state index in [0.717, 1.165) is 32.9 Å². The molecular formula is C27H26BrNO4S. The number of carbonyl (C=O) groups is 3. The van der Waals surface area contributed by atoms with Gasteiger partial charge >= 0.3 is 5.97 Å². The van der Waals surface area contributed by atoms with Gasteiger partial charge < -0.3 is 10.1 Å². The molecule has 3 aromatic carbocycles. The van der Waals surface area contributed by atoms with Crippen molar-refractivity contribution >= 4 is 44.7 Å². The predicted octanol–water partition coefficient (Wildman–Crippen LogP) is 4.97. The molecule has 0 heterocycles. The molecule has 0 aliphatic rings. The molecule has 0 aliphatic carbocycles. The normalized spacial score (nSPS) is 11.4. The van der Waals surface area contributed by atoms with E-state index < -0.39 is 11.9 Å². The highest BCUT2D eigenvalue weighted by Gasteiger charge is 2.21. The molecule has 0 fully saturated rings. The lowest BCUT2D eigenvalue weighted by Gasteiger charge is -2.16. The minimum atomic E-state index is -0.512. The van der Waals surface area contributed by atoms with E-state index in [1.807, 2.05) is 84.9 Å². The Balaban J connectivity index is 1.51. The molecule has 0 spiro atoms. The first-order chi connectivity index (χ1) is 16.5. The largest absolute Gasteiger partial charge is 0.460 e. The summed E-state index contributed by atoms with van der Waals surface area (Å²) in [5.41, 5.74) is 2.80. The summed E-state index contributed by atoms with van der Waals surface area (Å²) in [6, 6.07) is 26.6. The second kappa shape index (κ2) is 13.7. The zero-order chi connectivity index (χ0) is 24.2. The first kappa shape index (κ1) is 25.7. The van der Waals surface area contributed by atoms with Gasteiger partial charge in [0.15, 0.2) is 5.12 Å². The molecule has 176 valence electrons. The molecule has 1 atom stereocenters. The van der Waals surface area contributed by atoms with Crippen molar-refractivity contribution in [2.24, 2.45) is 5.92 Å². The molecule has 0 aromatic heterocycles. The van der Waals surface area contributed by atoms with Gasteiger partial charge in [-0.2, -0.15) is 0 Å². The fraction of sp³-hybridized carbons (Fsp3) is 0.222. The fourth-order valence-corrected chi connectivity index (χ4v) is 4.42. The van der Waals surface area contributed by atoms with Crippen molar-refractivity contribution in [3.8, 4) is 0 Å². The van der Waals surface area contributed by atoms with Gasteiger partial charge in [-0.1, -0.05) is 100 Å². The van der Waals surface area contributed by atoms with Crippen LogP contribution in [0.15, 0.2) is 89.4 Å². The van der Waals surface area contributed by atoms with Crippen LogP contribution in [0.2, 0.25) is 0 Å². The number of esters is 1. The number of amides is 1. The van der Waals surface area contributed by atoms with Crippen LogP contribution in [0.3, 0.4) is 0 Å². The monoisotopic (exact) mass is 539 g/mol. The Hall–Kier alpha value is -2.90. The topological polar surface area (TPSA) is 72.5 Å². The van der Waals surface area contributed by atoms with E-state index >= 15 is 0 Å². The number of nitrogens with one attached hydrogen (secondary N) is 1. The van der Waals surface area contributed by atoms with Gasteiger partial charge in [0.25, 0.3) is 0 Å². The molecular weight excluding hydrogens is 514 g/mol. The van der Waals surface area contributed by atoms with Gasteiger partial charge in [0, 0.05) is 16.6 Å². The van der Waals surface area contributed by atoms with Crippen molar-refractivity contribution in [1.29, 1.82) is 0 Å². The van der Waals surface area contributed by atoms with Crippen molar-refractivity contribution in [2.45, 2.75) is 19.4 Å². The summed E-state index contributed by atoms with van der Waals surface area (Å²) in [6.45, 7) is -0.0808. The van der Waals surface area contributed by atoms with Crippen LogP contribution in [0, 0.1) is 5.92 Å². The van der Waals surface area contributed by atoms with Gasteiger partial charge in [0.1, 0.15) is 13.2 Å². The maximum absolute atomic E-state index is 12.9. The highest BCUT2D eigenvalue weighted by atomic mass is 79.9. The van der Waals surface area contributed by atoms with Crippen LogP contribution in [0.25, 0.3) is 0 Å². The standard InChI is InChI=1S/C27H26BrNO4S/c28-24-13-11-22(12-14-24)18-33-25(30)17-29-27(32)23(15-20-7-3-1-4-8-20)19-34-26(31)16-21-9-5-2-6-10-21/h1-14,23H,15-19H2,(H,29,32). The molecule has 0 saturated carbocycles. The number of hydrogen-bond donors (Lipinski definition) is 1. The molecule has 0 aliphatic heterocycles. The SMILES string of the molecule is O=C(CNC(=O)C(CSC(=O)Cc1ccccc1)Cc1ccccc1)OCc1ccc(Br)cc1. The first-order valence-electron chi connectivity index (χ1n) is 10.9. The van der Waals surface area contributed by atoms with Crippen molar-refractivity contribution in [3.63, 3.8) is 0 Å². The summed E-state index contributed by atoms with van der Waals surface area (Å²) in [6.07, 6.45) is 0.791. The third-order valence-electron chi connectivity index (χ3n) is 5.05. The van der Waals surface area contributed by atoms with Crippen molar-refractivity contribution < 1.29 is 19.1 Å². The second-order valence-electron chi connectivity index (χ2n) is 7.74. The Morgan fingerprint density at radius 1 is 0.824 bits per heavy atom. The third kappa shape index (κ3) is 9.15. The smallest absolute Gasteiger partial charge is 0.325 e. The van der Waals surface area contributed by atoms with Crippen LogP contribution in [0.1, 0.15) is 16.7 Å². The lowest BCUT2D eigenvalue weighted by Crippen LogP contribution is -2.37. The quantitative estimate of drug-likeness (QED) is 0.348. The van der Waals surface area contributed by atoms with Gasteiger partial charge in [-0.05, 0) is 35.2 Å². The van der Waals surface area contributed by atoms with Gasteiger partial charge in [0.2, 0.25) is 5.91 Å². The van der Waals surface area contributed by atoms with Crippen molar-refractivity contribution in [1.82, 2.24) is 5.32 Å². The average molecular weight is 540 g/mol. The molecule has 7 heteroatoms. The maximum Gasteiger partial charge on any atom is 0.325 e. The Morgan fingerprint density at radius 3 is 2.09 bits per heavy atom. The zero-order valence-electron chi connectivity index (χ0n) is 18.6. The first-order valence-corrected chi connectivity index (χ1v) is 12.7. The molecule has 0 saturated heterocycles. The Bertz CT molecular complexity index is 1070. The molecule has 3 rings (SSSR count). The van der Waals surface area contributed by atoms with Crippen LogP contribution in [-0.2, 0) is 38.6 Å². The number of rotatable bonds is 11. The molecule has 1 N–H and O–H groups in total. The number of thioether (sulfide) groups is 1. The van der Waals surface area contributed by atoms with E-state index in [0.29, 0.717) is 18.6 Å². The van der Waals surface area contributed by atoms with Gasteiger partial charge in [-0.25, -0.2) is 0 Å². The summed E-state index contributed by atoms with van der Waals surface area (Å²) < 4.78 is 6.20. The number of benzene rings is 3. The van der Waals surface area contributed by atoms with E-state index in [1.165, 1.54) is 0 Å². The second-order valence-corrected chi connectivity index (χ2v) is 9.73. The number of carbonyl (C=O) groups excluding carboxylic acids is 3. The van der Waals surface area contributed by atoms with Crippen LogP contribution in [-0.4, -0.2) is 29.3 Å². The van der Waals surface area contributed by atoms with E-state index in [4.69, 9.17) is 4.74 Å². The van der Waals surface area contributed by atoms with E-state index in [2.05, 4.69) is 21.2 Å². The summed E-state index contributed by atoms with van der Waals surface area (Å²) >= 11 is 4.51. The number of hydrogen-bond acceptors (Lipinski definition) is 5. The van der Waals surface area contributed by atoms with Gasteiger partial charge in [0.05, 0.1) is 5.92 Å². The molecule has 34 heavy (non-hydrogen) atoms. The molecule has 3 aromatic rings. The van der Waals surface area contributed by atoms with Crippen LogP contribution in [0.4, 0.5) is 0 Å². The highest BCUT2D eigenvalue weighted by molar-refractivity contribution is 9.10. The molecule has 1 amide bonds. The Kier molecular flexibility index (Phi) is 10.4. The summed E-state index contributed by atoms with van der Waals surface area (Å²) in [5, 5.41) is 2.68. The molecule has 0 radical (unpaired) electrons. The Labute approximate surface area is 212 Å². The zero-order valence-corrected chi connectivity index (χ0v) is 21.0. The van der Waals surface area contributed by atoms with E-state index in [9.17, 15) is 14.4 Å². The predicted molar refractivity (Wildman–Crippen MR) is 138 cm³/mol. The number of ether oxygens (including phenoxy) is 1. The molecule has 5 nitrogen and oxygen atoms in total. The van der Waals surface area contributed by atoms with Gasteiger partial charge in [-0.15, -0.1) is 0 Å². The van der Waals surface area contributed by atoms with E-state index in [1.54, 1.807) is 0 Å². The third-order valence-corrected chi connectivity index (χ3v) is 6.62. The molecule has 0 bridgehead atoms. The fourth-order valence-electron chi connectivity index (χ4n) is 3.23. The van der Waals surface area contributed by atoms with Crippen LogP contribution < -0.4 is 5.32 Å².